The first-order valence-corrected chi connectivity index (χ1v) is 8.87. The normalized spacial score (nSPS) is 22.2. The molecule has 1 fully saturated rings. The van der Waals surface area contributed by atoms with Crippen LogP contribution in [-0.2, 0) is 20.7 Å². The smallest absolute Gasteiger partial charge is 0.407 e. The van der Waals surface area contributed by atoms with Crippen molar-refractivity contribution >= 4 is 17.9 Å². The van der Waals surface area contributed by atoms with Crippen LogP contribution in [0.5, 0.6) is 5.75 Å². The summed E-state index contributed by atoms with van der Waals surface area (Å²) in [6.07, 6.45) is -1.93. The number of aliphatic hydroxyl groups is 1. The van der Waals surface area contributed by atoms with E-state index >= 15 is 0 Å². The first-order valence-electron chi connectivity index (χ1n) is 8.87. The zero-order valence-corrected chi connectivity index (χ0v) is 15.8. The molecule has 0 aliphatic carbocycles. The van der Waals surface area contributed by atoms with Crippen molar-refractivity contribution in [2.45, 2.75) is 37.6 Å². The van der Waals surface area contributed by atoms with Crippen LogP contribution < -0.4 is 26.4 Å². The zero-order valence-electron chi connectivity index (χ0n) is 15.8. The molecule has 3 amide bonds. The molecule has 0 spiro atoms. The lowest BCUT2D eigenvalue weighted by Gasteiger charge is -2.22. The zero-order chi connectivity index (χ0) is 20.7. The van der Waals surface area contributed by atoms with Crippen molar-refractivity contribution in [3.8, 4) is 5.75 Å². The molecule has 0 radical (unpaired) electrons. The van der Waals surface area contributed by atoms with E-state index in [0.717, 1.165) is 11.3 Å². The lowest BCUT2D eigenvalue weighted by Crippen LogP contribution is -2.47. The van der Waals surface area contributed by atoms with Gasteiger partial charge in [-0.1, -0.05) is 12.1 Å². The van der Waals surface area contributed by atoms with E-state index in [2.05, 4.69) is 16.0 Å². The Kier molecular flexibility index (Phi) is 7.59. The van der Waals surface area contributed by atoms with Gasteiger partial charge in [-0.3, -0.25) is 9.59 Å². The second kappa shape index (κ2) is 9.90. The highest BCUT2D eigenvalue weighted by molar-refractivity contribution is 5.88. The molecule has 0 bridgehead atoms. The number of nitrogens with one attached hydrogen (secondary N) is 3. The van der Waals surface area contributed by atoms with Gasteiger partial charge in [0.25, 0.3) is 0 Å². The second-order valence-corrected chi connectivity index (χ2v) is 6.55. The molecule has 1 aromatic rings. The van der Waals surface area contributed by atoms with E-state index in [9.17, 15) is 19.5 Å². The van der Waals surface area contributed by atoms with Crippen LogP contribution in [-0.4, -0.2) is 67.5 Å². The molecule has 0 unspecified atom stereocenters. The lowest BCUT2D eigenvalue weighted by molar-refractivity contribution is -0.126. The molecule has 10 heteroatoms. The fourth-order valence-electron chi connectivity index (χ4n) is 2.82. The molecule has 1 aliphatic rings. The predicted octanol–water partition coefficient (Wildman–Crippen LogP) is -1.34. The van der Waals surface area contributed by atoms with E-state index in [1.807, 2.05) is 24.3 Å². The Bertz CT molecular complexity index is 696. The summed E-state index contributed by atoms with van der Waals surface area (Å²) in [7, 11) is 1.58. The van der Waals surface area contributed by atoms with E-state index in [1.54, 1.807) is 7.11 Å². The molecule has 28 heavy (non-hydrogen) atoms. The van der Waals surface area contributed by atoms with Crippen molar-refractivity contribution in [3.63, 3.8) is 0 Å². The van der Waals surface area contributed by atoms with Crippen molar-refractivity contribution in [1.82, 2.24) is 16.0 Å². The fourth-order valence-corrected chi connectivity index (χ4v) is 2.82. The monoisotopic (exact) mass is 394 g/mol. The van der Waals surface area contributed by atoms with Gasteiger partial charge in [0, 0.05) is 6.54 Å². The molecule has 2 rings (SSSR count). The highest BCUT2D eigenvalue weighted by Gasteiger charge is 2.37. The van der Waals surface area contributed by atoms with Gasteiger partial charge >= 0.3 is 6.09 Å². The number of hydrogen-bond acceptors (Lipinski definition) is 7. The Hall–Kier alpha value is -2.85. The van der Waals surface area contributed by atoms with Gasteiger partial charge in [-0.05, 0) is 31.0 Å². The third-order valence-electron chi connectivity index (χ3n) is 4.42. The van der Waals surface area contributed by atoms with Gasteiger partial charge in [0.15, 0.2) is 0 Å². The number of amides is 3. The van der Waals surface area contributed by atoms with Crippen molar-refractivity contribution < 1.29 is 29.0 Å². The number of benzene rings is 1. The topological polar surface area (TPSA) is 152 Å². The van der Waals surface area contributed by atoms with E-state index in [0.29, 0.717) is 6.42 Å². The predicted molar refractivity (Wildman–Crippen MR) is 99.6 cm³/mol. The molecule has 0 saturated carbocycles. The number of carbonyl (C=O) groups excluding carboxylic acids is 3. The minimum Gasteiger partial charge on any atom is -0.497 e. The number of β-amino-alcohol motifs (C(OH)–C–C–N with tert-alkyl or cyclic N) is 1. The van der Waals surface area contributed by atoms with Gasteiger partial charge < -0.3 is 36.3 Å². The maximum atomic E-state index is 12.0. The molecule has 6 N–H and O–H groups in total. The van der Waals surface area contributed by atoms with Gasteiger partial charge in [0.2, 0.25) is 11.8 Å². The Morgan fingerprint density at radius 1 is 1.32 bits per heavy atom. The summed E-state index contributed by atoms with van der Waals surface area (Å²) in [6, 6.07) is 6.32. The first kappa shape index (κ1) is 21.5. The Morgan fingerprint density at radius 3 is 2.61 bits per heavy atom. The molecule has 10 nitrogen and oxygen atoms in total. The molecule has 1 aliphatic heterocycles. The SMILES string of the molecule is COc1ccc(C[C@H]2NC[C@H](O)[C@H]2OC(=O)NCC(=O)N[C@@H](C)C(N)=O)cc1. The number of rotatable bonds is 8. The van der Waals surface area contributed by atoms with Crippen molar-refractivity contribution in [2.24, 2.45) is 5.73 Å². The average molecular weight is 394 g/mol. The molecule has 1 saturated heterocycles. The third-order valence-corrected chi connectivity index (χ3v) is 4.42. The number of carbonyl (C=O) groups is 3. The number of alkyl carbamates (subject to hydrolysis) is 1. The van der Waals surface area contributed by atoms with Crippen molar-refractivity contribution in [2.75, 3.05) is 20.2 Å². The molecular formula is C18H26N4O6. The van der Waals surface area contributed by atoms with Gasteiger partial charge in [-0.2, -0.15) is 0 Å². The Labute approximate surface area is 162 Å². The Morgan fingerprint density at radius 2 is 2.00 bits per heavy atom. The summed E-state index contributed by atoms with van der Waals surface area (Å²) in [6.45, 7) is 1.34. The van der Waals surface area contributed by atoms with Crippen LogP contribution in [0.15, 0.2) is 24.3 Å². The second-order valence-electron chi connectivity index (χ2n) is 6.55. The summed E-state index contributed by atoms with van der Waals surface area (Å²) in [5.74, 6) is -0.528. The summed E-state index contributed by atoms with van der Waals surface area (Å²) in [5, 5.41) is 17.9. The summed E-state index contributed by atoms with van der Waals surface area (Å²) in [5.41, 5.74) is 6.04. The van der Waals surface area contributed by atoms with Crippen LogP contribution in [0, 0.1) is 0 Å². The van der Waals surface area contributed by atoms with E-state index in [4.69, 9.17) is 15.2 Å². The summed E-state index contributed by atoms with van der Waals surface area (Å²) in [4.78, 5) is 34.6. The van der Waals surface area contributed by atoms with Crippen molar-refractivity contribution in [1.29, 1.82) is 0 Å². The van der Waals surface area contributed by atoms with Gasteiger partial charge in [0.05, 0.1) is 13.2 Å². The quantitative estimate of drug-likeness (QED) is 0.366. The molecule has 4 atom stereocenters. The summed E-state index contributed by atoms with van der Waals surface area (Å²) >= 11 is 0. The molecule has 1 heterocycles. The first-order chi connectivity index (χ1) is 13.3. The van der Waals surface area contributed by atoms with Crippen LogP contribution in [0.4, 0.5) is 4.79 Å². The third kappa shape index (κ3) is 6.10. The average Bonchev–Trinajstić information content (AvgIpc) is 3.00. The van der Waals surface area contributed by atoms with Gasteiger partial charge in [0.1, 0.15) is 30.5 Å². The Balaban J connectivity index is 1.84. The maximum absolute atomic E-state index is 12.0. The van der Waals surface area contributed by atoms with Crippen LogP contribution in [0.25, 0.3) is 0 Å². The highest BCUT2D eigenvalue weighted by Crippen LogP contribution is 2.19. The summed E-state index contributed by atoms with van der Waals surface area (Å²) < 4.78 is 10.4. The van der Waals surface area contributed by atoms with E-state index in [1.165, 1.54) is 6.92 Å². The number of hydrogen-bond donors (Lipinski definition) is 5. The molecular weight excluding hydrogens is 368 g/mol. The van der Waals surface area contributed by atoms with Crippen LogP contribution in [0.2, 0.25) is 0 Å². The largest absolute Gasteiger partial charge is 0.497 e. The van der Waals surface area contributed by atoms with Gasteiger partial charge in [-0.25, -0.2) is 4.79 Å². The number of aliphatic hydroxyl groups excluding tert-OH is 1. The van der Waals surface area contributed by atoms with Crippen LogP contribution in [0.1, 0.15) is 12.5 Å². The fraction of sp³-hybridized carbons (Fsp3) is 0.500. The number of primary amides is 1. The molecule has 154 valence electrons. The number of ether oxygens (including phenoxy) is 2. The highest BCUT2D eigenvalue weighted by atomic mass is 16.6. The lowest BCUT2D eigenvalue weighted by atomic mass is 10.0. The van der Waals surface area contributed by atoms with Crippen molar-refractivity contribution in [3.05, 3.63) is 29.8 Å². The minimum absolute atomic E-state index is 0.280. The minimum atomic E-state index is -0.863. The van der Waals surface area contributed by atoms with Gasteiger partial charge in [-0.15, -0.1) is 0 Å². The molecule has 0 aromatic heterocycles. The maximum Gasteiger partial charge on any atom is 0.407 e. The molecule has 1 aromatic carbocycles. The van der Waals surface area contributed by atoms with Crippen LogP contribution >= 0.6 is 0 Å². The van der Waals surface area contributed by atoms with E-state index in [-0.39, 0.29) is 19.1 Å². The number of nitrogens with two attached hydrogens (primary N) is 1. The van der Waals surface area contributed by atoms with Crippen LogP contribution in [0.3, 0.4) is 0 Å². The number of methoxy groups -OCH3 is 1. The standard InChI is InChI=1S/C18H26N4O6/c1-10(17(19)25)22-15(24)9-21-18(26)28-16-13(20-8-14(16)23)7-11-3-5-12(27-2)6-4-11/h3-6,10,13-14,16,20,23H,7-9H2,1-2H3,(H2,19,25)(H,21,26)(H,22,24)/t10-,13+,14-,16-/m0/s1. The van der Waals surface area contributed by atoms with E-state index < -0.39 is 36.2 Å².